The third-order valence-corrected chi connectivity index (χ3v) is 4.04. The van der Waals surface area contributed by atoms with Crippen LogP contribution in [0.25, 0.3) is 0 Å². The Labute approximate surface area is 163 Å². The zero-order valence-corrected chi connectivity index (χ0v) is 16.8. The van der Waals surface area contributed by atoms with E-state index in [1.807, 2.05) is 20.8 Å². The average molecular weight is 356 g/mol. The van der Waals surface area contributed by atoms with Gasteiger partial charge in [0.25, 0.3) is 0 Å². The Kier molecular flexibility index (Phi) is 6.72. The molecule has 0 spiro atoms. The van der Waals surface area contributed by atoms with Crippen molar-refractivity contribution in [2.24, 2.45) is 10.2 Å². The number of benzene rings is 2. The molecule has 0 aromatic heterocycles. The molecule has 2 aromatic carbocycles. The molecule has 0 atom stereocenters. The van der Waals surface area contributed by atoms with Gasteiger partial charge in [-0.05, 0) is 47.9 Å². The summed E-state index contributed by atoms with van der Waals surface area (Å²) in [6.07, 6.45) is 0. The molecule has 0 aliphatic heterocycles. The zero-order chi connectivity index (χ0) is 17.3. The second-order valence-corrected chi connectivity index (χ2v) is 7.48. The van der Waals surface area contributed by atoms with Crippen molar-refractivity contribution >= 4 is 21.5 Å². The number of hydrogen-bond acceptors (Lipinski definition) is 6. The van der Waals surface area contributed by atoms with Gasteiger partial charge in [-0.25, -0.2) is 8.42 Å². The number of phenols is 1. The average Bonchev–Trinajstić information content (AvgIpc) is 2.44. The van der Waals surface area contributed by atoms with Crippen LogP contribution in [0.2, 0.25) is 0 Å². The van der Waals surface area contributed by atoms with Crippen LogP contribution < -0.4 is 29.6 Å². The first-order valence-corrected chi connectivity index (χ1v) is 8.29. The third-order valence-electron chi connectivity index (χ3n) is 3.19. The number of azo groups is 1. The molecule has 0 radical (unpaired) electrons. The van der Waals surface area contributed by atoms with Crippen molar-refractivity contribution in [1.29, 1.82) is 0 Å². The molecule has 24 heavy (non-hydrogen) atoms. The van der Waals surface area contributed by atoms with Crippen LogP contribution in [0.4, 0.5) is 11.4 Å². The summed E-state index contributed by atoms with van der Waals surface area (Å²) in [5.74, 6) is 0.196. The van der Waals surface area contributed by atoms with Gasteiger partial charge in [0.05, 0.1) is 16.3 Å². The fraction of sp³-hybridized carbons (Fsp3) is 0.250. The molecule has 0 bridgehead atoms. The Morgan fingerprint density at radius 1 is 0.958 bits per heavy atom. The Balaban J connectivity index is 0.00000288. The van der Waals surface area contributed by atoms with Gasteiger partial charge in [-0.2, -0.15) is 10.2 Å². The topological polar surface area (TPSA) is 102 Å². The van der Waals surface area contributed by atoms with Crippen molar-refractivity contribution < 1.29 is 47.6 Å². The fourth-order valence-electron chi connectivity index (χ4n) is 1.98. The van der Waals surface area contributed by atoms with Crippen LogP contribution in [0.15, 0.2) is 57.6 Å². The maximum atomic E-state index is 10.9. The third kappa shape index (κ3) is 5.39. The molecule has 0 saturated heterocycles. The van der Waals surface area contributed by atoms with Crippen LogP contribution in [0.3, 0.4) is 0 Å². The van der Waals surface area contributed by atoms with Crippen LogP contribution >= 0.6 is 0 Å². The van der Waals surface area contributed by atoms with Gasteiger partial charge < -0.3 is 9.66 Å². The van der Waals surface area contributed by atoms with E-state index in [4.69, 9.17) is 0 Å². The van der Waals surface area contributed by atoms with E-state index in [9.17, 15) is 18.1 Å². The van der Waals surface area contributed by atoms with Crippen molar-refractivity contribution in [2.45, 2.75) is 31.1 Å². The van der Waals surface area contributed by atoms with Gasteiger partial charge in [-0.3, -0.25) is 0 Å². The van der Waals surface area contributed by atoms with E-state index >= 15 is 0 Å². The Morgan fingerprint density at radius 3 is 1.96 bits per heavy atom. The molecule has 122 valence electrons. The minimum Gasteiger partial charge on any atom is -0.744 e. The summed E-state index contributed by atoms with van der Waals surface area (Å²) in [7, 11) is -4.46. The number of hydrogen-bond donors (Lipinski definition) is 1. The molecule has 0 saturated carbocycles. The summed E-state index contributed by atoms with van der Waals surface area (Å²) < 4.78 is 32.6. The molecular weight excluding hydrogens is 339 g/mol. The van der Waals surface area contributed by atoms with Crippen molar-refractivity contribution in [3.8, 4) is 5.75 Å². The predicted molar refractivity (Wildman–Crippen MR) is 85.4 cm³/mol. The molecule has 8 heteroatoms. The second kappa shape index (κ2) is 7.76. The van der Waals surface area contributed by atoms with Gasteiger partial charge in [0.15, 0.2) is 0 Å². The van der Waals surface area contributed by atoms with E-state index in [0.29, 0.717) is 11.4 Å². The van der Waals surface area contributed by atoms with Gasteiger partial charge in [0, 0.05) is 5.56 Å². The Hall–Kier alpha value is -1.25. The largest absolute Gasteiger partial charge is 1.00 e. The van der Waals surface area contributed by atoms with E-state index < -0.39 is 10.1 Å². The molecule has 0 amide bonds. The SMILES string of the molecule is CC(C)(C)c1cc(N=Nc2ccc(S(=O)(=O)[O-])cc2)ccc1O.[Na+]. The number of phenolic OH excluding ortho intramolecular Hbond substituents is 1. The summed E-state index contributed by atoms with van der Waals surface area (Å²) in [6, 6.07) is 10.1. The second-order valence-electron chi connectivity index (χ2n) is 6.10. The smallest absolute Gasteiger partial charge is 0.744 e. The predicted octanol–water partition coefficient (Wildman–Crippen LogP) is 1.01. The maximum Gasteiger partial charge on any atom is 1.00 e. The normalized spacial score (nSPS) is 12.2. The van der Waals surface area contributed by atoms with Crippen LogP contribution in [-0.2, 0) is 15.5 Å². The Bertz CT molecular complexity index is 841. The molecule has 0 aliphatic carbocycles. The summed E-state index contributed by atoms with van der Waals surface area (Å²) in [5.41, 5.74) is 1.50. The Morgan fingerprint density at radius 2 is 1.46 bits per heavy atom. The quantitative estimate of drug-likeness (QED) is 0.504. The molecule has 1 N–H and O–H groups in total. The van der Waals surface area contributed by atoms with Crippen LogP contribution in [0.1, 0.15) is 26.3 Å². The number of nitrogens with zero attached hydrogens (tertiary/aromatic N) is 2. The minimum absolute atomic E-state index is 0. The minimum atomic E-state index is -4.46. The van der Waals surface area contributed by atoms with Crippen LogP contribution in [0.5, 0.6) is 5.75 Å². The van der Waals surface area contributed by atoms with E-state index in [1.54, 1.807) is 18.2 Å². The first kappa shape index (κ1) is 20.8. The molecule has 0 fully saturated rings. The van der Waals surface area contributed by atoms with Crippen LogP contribution in [-0.4, -0.2) is 18.1 Å². The standard InChI is InChI=1S/C16H18N2O4S.Na/c1-16(2,3)14-10-12(6-9-15(14)19)18-17-11-4-7-13(8-5-11)23(20,21)22;/h4-10,19H,1-3H3,(H,20,21,22);/q;+1/p-1. The van der Waals surface area contributed by atoms with Gasteiger partial charge in [-0.15, -0.1) is 0 Å². The van der Waals surface area contributed by atoms with Gasteiger partial charge in [0.2, 0.25) is 0 Å². The summed E-state index contributed by atoms with van der Waals surface area (Å²) in [5, 5.41) is 18.0. The molecule has 0 unspecified atom stereocenters. The van der Waals surface area contributed by atoms with E-state index in [-0.39, 0.29) is 45.6 Å². The maximum absolute atomic E-state index is 10.9. The van der Waals surface area contributed by atoms with Crippen LogP contribution in [0, 0.1) is 0 Å². The molecule has 0 aliphatic rings. The van der Waals surface area contributed by atoms with Crippen molar-refractivity contribution in [3.05, 3.63) is 48.0 Å². The van der Waals surface area contributed by atoms with Crippen molar-refractivity contribution in [3.63, 3.8) is 0 Å². The molecule has 2 aromatic rings. The van der Waals surface area contributed by atoms with Gasteiger partial charge in [-0.1, -0.05) is 20.8 Å². The monoisotopic (exact) mass is 356 g/mol. The molecule has 6 nitrogen and oxygen atoms in total. The van der Waals surface area contributed by atoms with E-state index in [0.717, 1.165) is 5.56 Å². The number of rotatable bonds is 3. The number of aromatic hydroxyl groups is 1. The van der Waals surface area contributed by atoms with Crippen molar-refractivity contribution in [2.75, 3.05) is 0 Å². The summed E-state index contributed by atoms with van der Waals surface area (Å²) >= 11 is 0. The first-order chi connectivity index (χ1) is 10.6. The molecular formula is C16H17N2NaO4S. The molecule has 0 heterocycles. The van der Waals surface area contributed by atoms with Gasteiger partial charge >= 0.3 is 29.6 Å². The first-order valence-electron chi connectivity index (χ1n) is 6.88. The van der Waals surface area contributed by atoms with Gasteiger partial charge in [0.1, 0.15) is 15.9 Å². The van der Waals surface area contributed by atoms with Crippen molar-refractivity contribution in [1.82, 2.24) is 0 Å². The summed E-state index contributed by atoms with van der Waals surface area (Å²) in [4.78, 5) is -0.309. The zero-order valence-electron chi connectivity index (χ0n) is 14.0. The summed E-state index contributed by atoms with van der Waals surface area (Å²) in [6.45, 7) is 5.93. The van der Waals surface area contributed by atoms with E-state index in [2.05, 4.69) is 10.2 Å². The molecule has 2 rings (SSSR count). The van der Waals surface area contributed by atoms with E-state index in [1.165, 1.54) is 24.3 Å². The fourth-order valence-corrected chi connectivity index (χ4v) is 2.45.